The number of nitro groups is 1. The van der Waals surface area contributed by atoms with Crippen molar-refractivity contribution in [3.05, 3.63) is 34.4 Å². The van der Waals surface area contributed by atoms with E-state index in [0.717, 1.165) is 25.7 Å². The fourth-order valence-electron chi connectivity index (χ4n) is 2.14. The van der Waals surface area contributed by atoms with Gasteiger partial charge in [-0.15, -0.1) is 0 Å². The normalized spacial score (nSPS) is 24.3. The summed E-state index contributed by atoms with van der Waals surface area (Å²) in [6, 6.07) is 6.41. The Balaban J connectivity index is 2.14. The van der Waals surface area contributed by atoms with Crippen LogP contribution < -0.4 is 10.5 Å². The zero-order valence-corrected chi connectivity index (χ0v) is 9.54. The van der Waals surface area contributed by atoms with E-state index in [-0.39, 0.29) is 17.8 Å². The fraction of sp³-hybridized carbons (Fsp3) is 0.500. The molecular weight excluding hydrogens is 220 g/mol. The van der Waals surface area contributed by atoms with E-state index in [0.29, 0.717) is 5.75 Å². The second kappa shape index (κ2) is 5.14. The van der Waals surface area contributed by atoms with Crippen molar-refractivity contribution < 1.29 is 9.66 Å². The van der Waals surface area contributed by atoms with Crippen molar-refractivity contribution in [3.8, 4) is 5.75 Å². The molecule has 0 aromatic heterocycles. The maximum absolute atomic E-state index is 10.8. The van der Waals surface area contributed by atoms with Crippen LogP contribution in [0.15, 0.2) is 24.3 Å². The molecule has 0 aliphatic heterocycles. The molecule has 1 saturated carbocycles. The molecule has 1 aromatic rings. The van der Waals surface area contributed by atoms with Gasteiger partial charge in [0.2, 0.25) is 0 Å². The van der Waals surface area contributed by atoms with Gasteiger partial charge in [0.05, 0.1) is 4.92 Å². The molecule has 1 aromatic carbocycles. The predicted octanol–water partition coefficient (Wildman–Crippen LogP) is 2.24. The van der Waals surface area contributed by atoms with E-state index in [1.165, 1.54) is 6.07 Å². The highest BCUT2D eigenvalue weighted by Crippen LogP contribution is 2.30. The van der Waals surface area contributed by atoms with E-state index < -0.39 is 4.92 Å². The van der Waals surface area contributed by atoms with Gasteiger partial charge in [0, 0.05) is 12.1 Å². The zero-order chi connectivity index (χ0) is 12.3. The van der Waals surface area contributed by atoms with Crippen LogP contribution in [0.5, 0.6) is 5.75 Å². The zero-order valence-electron chi connectivity index (χ0n) is 9.54. The summed E-state index contributed by atoms with van der Waals surface area (Å²) >= 11 is 0. The van der Waals surface area contributed by atoms with Crippen molar-refractivity contribution in [2.75, 3.05) is 0 Å². The molecule has 0 amide bonds. The number of nitrogens with two attached hydrogens (primary N) is 1. The third-order valence-electron chi connectivity index (χ3n) is 3.09. The first kappa shape index (κ1) is 11.9. The summed E-state index contributed by atoms with van der Waals surface area (Å²) in [6.45, 7) is 0. The maximum atomic E-state index is 10.8. The second-order valence-electron chi connectivity index (χ2n) is 4.33. The van der Waals surface area contributed by atoms with Crippen LogP contribution in [-0.4, -0.2) is 17.1 Å². The number of ether oxygens (including phenoxy) is 1. The molecule has 1 aliphatic carbocycles. The fourth-order valence-corrected chi connectivity index (χ4v) is 2.14. The molecule has 0 radical (unpaired) electrons. The van der Waals surface area contributed by atoms with E-state index in [9.17, 15) is 10.1 Å². The number of hydrogen-bond acceptors (Lipinski definition) is 4. The Hall–Kier alpha value is -1.62. The van der Waals surface area contributed by atoms with Crippen LogP contribution in [0.1, 0.15) is 25.7 Å². The number of nitro benzene ring substituents is 1. The van der Waals surface area contributed by atoms with E-state index in [1.807, 2.05) is 0 Å². The lowest BCUT2D eigenvalue weighted by Crippen LogP contribution is -2.41. The van der Waals surface area contributed by atoms with Crippen LogP contribution in [-0.2, 0) is 0 Å². The first-order valence-corrected chi connectivity index (χ1v) is 5.84. The van der Waals surface area contributed by atoms with Crippen LogP contribution >= 0.6 is 0 Å². The van der Waals surface area contributed by atoms with Gasteiger partial charge in [-0.3, -0.25) is 10.1 Å². The van der Waals surface area contributed by atoms with Crippen LogP contribution in [0, 0.1) is 10.1 Å². The minimum absolute atomic E-state index is 0.00488. The van der Waals surface area contributed by atoms with Crippen molar-refractivity contribution in [1.29, 1.82) is 0 Å². The third kappa shape index (κ3) is 2.74. The minimum atomic E-state index is -0.427. The van der Waals surface area contributed by atoms with Crippen LogP contribution in [0.25, 0.3) is 0 Å². The highest BCUT2D eigenvalue weighted by atomic mass is 16.6. The lowest BCUT2D eigenvalue weighted by molar-refractivity contribution is -0.386. The Morgan fingerprint density at radius 2 is 2.00 bits per heavy atom. The van der Waals surface area contributed by atoms with Gasteiger partial charge in [0.25, 0.3) is 0 Å². The van der Waals surface area contributed by atoms with Gasteiger partial charge in [-0.25, -0.2) is 0 Å². The van der Waals surface area contributed by atoms with Crippen molar-refractivity contribution in [2.45, 2.75) is 37.8 Å². The summed E-state index contributed by atoms with van der Waals surface area (Å²) in [5, 5.41) is 10.8. The highest BCUT2D eigenvalue weighted by Gasteiger charge is 2.26. The van der Waals surface area contributed by atoms with E-state index in [1.54, 1.807) is 18.2 Å². The molecule has 0 saturated heterocycles. The molecular formula is C12H16N2O3. The molecule has 5 nitrogen and oxygen atoms in total. The summed E-state index contributed by atoms with van der Waals surface area (Å²) < 4.78 is 5.69. The second-order valence-corrected chi connectivity index (χ2v) is 4.33. The quantitative estimate of drug-likeness (QED) is 0.644. The van der Waals surface area contributed by atoms with Gasteiger partial charge in [-0.2, -0.15) is 0 Å². The topological polar surface area (TPSA) is 78.4 Å². The van der Waals surface area contributed by atoms with Gasteiger partial charge in [-0.05, 0) is 25.3 Å². The van der Waals surface area contributed by atoms with Gasteiger partial charge >= 0.3 is 5.69 Å². The molecule has 2 atom stereocenters. The minimum Gasteiger partial charge on any atom is -0.482 e. The summed E-state index contributed by atoms with van der Waals surface area (Å²) in [5.41, 5.74) is 5.96. The van der Waals surface area contributed by atoms with Crippen LogP contribution in [0.3, 0.4) is 0 Å². The SMILES string of the molecule is NC1CCCCC1Oc1ccccc1[N+](=O)[O-]. The molecule has 1 aliphatic rings. The molecule has 2 N–H and O–H groups in total. The largest absolute Gasteiger partial charge is 0.482 e. The molecule has 0 bridgehead atoms. The van der Waals surface area contributed by atoms with Crippen molar-refractivity contribution >= 4 is 5.69 Å². The first-order chi connectivity index (χ1) is 8.18. The van der Waals surface area contributed by atoms with E-state index in [4.69, 9.17) is 10.5 Å². The Labute approximate surface area is 99.7 Å². The Morgan fingerprint density at radius 1 is 1.29 bits per heavy atom. The molecule has 92 valence electrons. The van der Waals surface area contributed by atoms with Gasteiger partial charge in [0.15, 0.2) is 5.75 Å². The van der Waals surface area contributed by atoms with Crippen molar-refractivity contribution in [2.24, 2.45) is 5.73 Å². The number of rotatable bonds is 3. The Bertz CT molecular complexity index is 408. The summed E-state index contributed by atoms with van der Waals surface area (Å²) in [5.74, 6) is 0.319. The molecule has 2 rings (SSSR count). The lowest BCUT2D eigenvalue weighted by Gasteiger charge is -2.28. The van der Waals surface area contributed by atoms with Crippen molar-refractivity contribution in [1.82, 2.24) is 0 Å². The van der Waals surface area contributed by atoms with Gasteiger partial charge < -0.3 is 10.5 Å². The highest BCUT2D eigenvalue weighted by molar-refractivity contribution is 5.45. The van der Waals surface area contributed by atoms with Gasteiger partial charge in [-0.1, -0.05) is 18.6 Å². The number of hydrogen-bond donors (Lipinski definition) is 1. The third-order valence-corrected chi connectivity index (χ3v) is 3.09. The molecule has 0 spiro atoms. The van der Waals surface area contributed by atoms with Crippen molar-refractivity contribution in [3.63, 3.8) is 0 Å². The number of benzene rings is 1. The smallest absolute Gasteiger partial charge is 0.310 e. The Morgan fingerprint density at radius 3 is 2.71 bits per heavy atom. The predicted molar refractivity (Wildman–Crippen MR) is 64.0 cm³/mol. The van der Waals surface area contributed by atoms with Crippen LogP contribution in [0.2, 0.25) is 0 Å². The van der Waals surface area contributed by atoms with E-state index in [2.05, 4.69) is 0 Å². The van der Waals surface area contributed by atoms with Crippen LogP contribution in [0.4, 0.5) is 5.69 Å². The molecule has 0 heterocycles. The molecule has 2 unspecified atom stereocenters. The Kier molecular flexibility index (Phi) is 3.58. The summed E-state index contributed by atoms with van der Waals surface area (Å²) in [6.07, 6.45) is 3.86. The first-order valence-electron chi connectivity index (χ1n) is 5.84. The molecule has 17 heavy (non-hydrogen) atoms. The van der Waals surface area contributed by atoms with Gasteiger partial charge in [0.1, 0.15) is 6.10 Å². The maximum Gasteiger partial charge on any atom is 0.310 e. The average molecular weight is 236 g/mol. The molecule has 1 fully saturated rings. The monoisotopic (exact) mass is 236 g/mol. The lowest BCUT2D eigenvalue weighted by atomic mass is 9.93. The average Bonchev–Trinajstić information content (AvgIpc) is 2.32. The van der Waals surface area contributed by atoms with E-state index >= 15 is 0 Å². The number of para-hydroxylation sites is 2. The summed E-state index contributed by atoms with van der Waals surface area (Å²) in [7, 11) is 0. The number of nitrogens with zero attached hydrogens (tertiary/aromatic N) is 1. The summed E-state index contributed by atoms with van der Waals surface area (Å²) in [4.78, 5) is 10.4. The standard InChI is InChI=1S/C12H16N2O3/c13-9-5-1-3-7-11(9)17-12-8-4-2-6-10(12)14(15)16/h2,4,6,8-9,11H,1,3,5,7,13H2. The molecule has 5 heteroatoms.